The minimum atomic E-state index is -0.212. The van der Waals surface area contributed by atoms with Crippen molar-refractivity contribution >= 4 is 0 Å². The van der Waals surface area contributed by atoms with Crippen molar-refractivity contribution in [1.29, 1.82) is 0 Å². The van der Waals surface area contributed by atoms with E-state index < -0.39 is 0 Å². The highest BCUT2D eigenvalue weighted by atomic mass is 16.5. The van der Waals surface area contributed by atoms with E-state index in [1.165, 1.54) is 32.1 Å². The summed E-state index contributed by atoms with van der Waals surface area (Å²) < 4.78 is 5.37. The van der Waals surface area contributed by atoms with Gasteiger partial charge in [-0.25, -0.2) is 0 Å². The summed E-state index contributed by atoms with van der Waals surface area (Å²) in [6.45, 7) is 7.59. The third-order valence-corrected chi connectivity index (χ3v) is 5.50. The van der Waals surface area contributed by atoms with Crippen LogP contribution in [0.3, 0.4) is 0 Å². The van der Waals surface area contributed by atoms with E-state index in [0.29, 0.717) is 6.04 Å². The average molecular weight is 282 g/mol. The van der Waals surface area contributed by atoms with Crippen LogP contribution in [-0.2, 0) is 4.74 Å². The van der Waals surface area contributed by atoms with Gasteiger partial charge in [0, 0.05) is 38.3 Å². The third kappa shape index (κ3) is 3.35. The highest BCUT2D eigenvalue weighted by molar-refractivity contribution is 4.95. The van der Waals surface area contributed by atoms with E-state index in [-0.39, 0.29) is 6.10 Å². The summed E-state index contributed by atoms with van der Waals surface area (Å²) >= 11 is 0. The molecule has 1 saturated carbocycles. The van der Waals surface area contributed by atoms with Gasteiger partial charge >= 0.3 is 0 Å². The summed E-state index contributed by atoms with van der Waals surface area (Å²) in [6, 6.07) is 1.40. The van der Waals surface area contributed by atoms with Crippen LogP contribution in [0.1, 0.15) is 39.0 Å². The second kappa shape index (κ2) is 6.73. The Hall–Kier alpha value is -0.160. The second-order valence-corrected chi connectivity index (χ2v) is 6.96. The summed E-state index contributed by atoms with van der Waals surface area (Å²) in [5, 5.41) is 10.4. The van der Waals surface area contributed by atoms with Crippen molar-refractivity contribution in [3.8, 4) is 0 Å². The quantitative estimate of drug-likeness (QED) is 0.844. The Labute approximate surface area is 123 Å². The average Bonchev–Trinajstić information content (AvgIpc) is 2.76. The number of ether oxygens (including phenoxy) is 1. The fraction of sp³-hybridized carbons (Fsp3) is 1.00. The second-order valence-electron chi connectivity index (χ2n) is 6.96. The molecule has 0 bridgehead atoms. The number of aliphatic hydroxyl groups excluding tert-OH is 1. The van der Waals surface area contributed by atoms with Crippen LogP contribution in [0.15, 0.2) is 0 Å². The highest BCUT2D eigenvalue weighted by Crippen LogP contribution is 2.39. The molecule has 2 aliphatic heterocycles. The molecule has 4 nitrogen and oxygen atoms in total. The van der Waals surface area contributed by atoms with Gasteiger partial charge in [0.15, 0.2) is 0 Å². The number of hydrogen-bond donors (Lipinski definition) is 1. The van der Waals surface area contributed by atoms with Gasteiger partial charge in [-0.1, -0.05) is 12.8 Å². The first-order valence-corrected chi connectivity index (χ1v) is 8.48. The number of rotatable bonds is 4. The number of hydrogen-bond acceptors (Lipinski definition) is 4. The number of nitrogens with zero attached hydrogens (tertiary/aromatic N) is 2. The van der Waals surface area contributed by atoms with Crippen LogP contribution in [-0.4, -0.2) is 72.5 Å². The molecule has 3 rings (SSSR count). The molecule has 4 atom stereocenters. The molecule has 3 fully saturated rings. The van der Waals surface area contributed by atoms with Gasteiger partial charge in [-0.2, -0.15) is 0 Å². The van der Waals surface area contributed by atoms with Crippen molar-refractivity contribution in [1.82, 2.24) is 9.80 Å². The summed E-state index contributed by atoms with van der Waals surface area (Å²) in [6.07, 6.45) is 6.68. The van der Waals surface area contributed by atoms with E-state index in [1.54, 1.807) is 0 Å². The van der Waals surface area contributed by atoms with Gasteiger partial charge in [0.05, 0.1) is 19.3 Å². The highest BCUT2D eigenvalue weighted by Gasteiger charge is 2.40. The van der Waals surface area contributed by atoms with Crippen LogP contribution in [0.25, 0.3) is 0 Å². The first-order valence-electron chi connectivity index (χ1n) is 8.48. The van der Waals surface area contributed by atoms with Crippen molar-refractivity contribution in [3.63, 3.8) is 0 Å². The molecule has 0 spiro atoms. The minimum absolute atomic E-state index is 0.212. The lowest BCUT2D eigenvalue weighted by molar-refractivity contribution is 0.000707. The lowest BCUT2D eigenvalue weighted by Gasteiger charge is -2.36. The molecule has 2 heterocycles. The van der Waals surface area contributed by atoms with E-state index in [1.807, 2.05) is 0 Å². The van der Waals surface area contributed by atoms with E-state index in [0.717, 1.165) is 51.4 Å². The molecule has 2 saturated heterocycles. The number of aliphatic hydroxyl groups is 1. The maximum atomic E-state index is 10.4. The Bertz CT molecular complexity index is 307. The van der Waals surface area contributed by atoms with Crippen LogP contribution >= 0.6 is 0 Å². The molecule has 3 aliphatic rings. The van der Waals surface area contributed by atoms with Crippen LogP contribution in [0.5, 0.6) is 0 Å². The first-order chi connectivity index (χ1) is 9.74. The summed E-state index contributed by atoms with van der Waals surface area (Å²) in [4.78, 5) is 4.95. The molecule has 1 aliphatic carbocycles. The molecule has 0 aromatic rings. The Morgan fingerprint density at radius 2 is 1.90 bits per heavy atom. The smallest absolute Gasteiger partial charge is 0.0794 e. The largest absolute Gasteiger partial charge is 0.390 e. The monoisotopic (exact) mass is 282 g/mol. The number of likely N-dealkylation sites (tertiary alicyclic amines) is 1. The zero-order valence-corrected chi connectivity index (χ0v) is 12.8. The molecule has 116 valence electrons. The van der Waals surface area contributed by atoms with Gasteiger partial charge in [-0.15, -0.1) is 0 Å². The molecular formula is C16H30N2O2. The van der Waals surface area contributed by atoms with Crippen LogP contribution < -0.4 is 0 Å². The number of fused-ring (bicyclic) bond motifs is 1. The van der Waals surface area contributed by atoms with Gasteiger partial charge in [-0.05, 0) is 32.1 Å². The molecule has 0 amide bonds. The van der Waals surface area contributed by atoms with Crippen LogP contribution in [0.4, 0.5) is 0 Å². The standard InChI is InChI=1S/C16H30N2O2/c1-13-10-14-4-2-3-5-16(14)18(13)12-15(19)11-17-6-8-20-9-7-17/h13-16,19H,2-12H2,1H3/t13-,14-,15-,16-/m0/s1. The molecule has 4 heteroatoms. The van der Waals surface area contributed by atoms with Gasteiger partial charge in [0.25, 0.3) is 0 Å². The van der Waals surface area contributed by atoms with Crippen molar-refractivity contribution in [2.75, 3.05) is 39.4 Å². The zero-order valence-electron chi connectivity index (χ0n) is 12.8. The Morgan fingerprint density at radius 3 is 2.70 bits per heavy atom. The minimum Gasteiger partial charge on any atom is -0.390 e. The van der Waals surface area contributed by atoms with Crippen molar-refractivity contribution in [2.45, 2.75) is 57.2 Å². The lowest BCUT2D eigenvalue weighted by atomic mass is 9.85. The normalized spacial score (nSPS) is 37.8. The zero-order chi connectivity index (χ0) is 13.9. The van der Waals surface area contributed by atoms with Crippen LogP contribution in [0.2, 0.25) is 0 Å². The molecule has 0 aromatic carbocycles. The maximum absolute atomic E-state index is 10.4. The summed E-state index contributed by atoms with van der Waals surface area (Å²) in [5.74, 6) is 0.898. The van der Waals surface area contributed by atoms with Gasteiger partial charge in [0.2, 0.25) is 0 Å². The van der Waals surface area contributed by atoms with E-state index in [4.69, 9.17) is 4.74 Å². The Balaban J connectivity index is 1.50. The maximum Gasteiger partial charge on any atom is 0.0794 e. The van der Waals surface area contributed by atoms with Crippen molar-refractivity contribution in [2.24, 2.45) is 5.92 Å². The van der Waals surface area contributed by atoms with E-state index in [9.17, 15) is 5.11 Å². The third-order valence-electron chi connectivity index (χ3n) is 5.50. The first kappa shape index (κ1) is 14.8. The summed E-state index contributed by atoms with van der Waals surface area (Å²) in [5.41, 5.74) is 0. The van der Waals surface area contributed by atoms with E-state index >= 15 is 0 Å². The molecular weight excluding hydrogens is 252 g/mol. The van der Waals surface area contributed by atoms with Crippen molar-refractivity contribution in [3.05, 3.63) is 0 Å². The van der Waals surface area contributed by atoms with Gasteiger partial charge in [-0.3, -0.25) is 9.80 Å². The molecule has 0 unspecified atom stereocenters. The van der Waals surface area contributed by atoms with E-state index in [2.05, 4.69) is 16.7 Å². The van der Waals surface area contributed by atoms with Gasteiger partial charge < -0.3 is 9.84 Å². The molecule has 20 heavy (non-hydrogen) atoms. The topological polar surface area (TPSA) is 35.9 Å². The fourth-order valence-corrected chi connectivity index (χ4v) is 4.50. The Kier molecular flexibility index (Phi) is 4.97. The Morgan fingerprint density at radius 1 is 1.15 bits per heavy atom. The number of β-amino-alcohol motifs (C(OH)–C–C–N with tert-alkyl or cyclic N) is 1. The predicted octanol–water partition coefficient (Wildman–Crippen LogP) is 1.33. The lowest BCUT2D eigenvalue weighted by Crippen LogP contribution is -2.47. The molecule has 1 N–H and O–H groups in total. The fourth-order valence-electron chi connectivity index (χ4n) is 4.50. The predicted molar refractivity (Wildman–Crippen MR) is 79.8 cm³/mol. The SMILES string of the molecule is C[C@H]1C[C@@H]2CCCC[C@@H]2N1C[C@@H](O)CN1CCOCC1. The number of morpholine rings is 1. The van der Waals surface area contributed by atoms with Gasteiger partial charge in [0.1, 0.15) is 0 Å². The summed E-state index contributed by atoms with van der Waals surface area (Å²) in [7, 11) is 0. The molecule has 0 radical (unpaired) electrons. The van der Waals surface area contributed by atoms with Crippen LogP contribution in [0, 0.1) is 5.92 Å². The van der Waals surface area contributed by atoms with Crippen molar-refractivity contribution < 1.29 is 9.84 Å². The molecule has 0 aromatic heterocycles.